The number of aryl methyl sites for hydroxylation is 1. The Labute approximate surface area is 80.3 Å². The van der Waals surface area contributed by atoms with Crippen LogP contribution < -0.4 is 9.92 Å². The van der Waals surface area contributed by atoms with Gasteiger partial charge in [0.2, 0.25) is 0 Å². The number of halogens is 1. The Morgan fingerprint density at radius 1 is 1.50 bits per heavy atom. The Hall–Kier alpha value is -1.34. The molecule has 0 spiro atoms. The quantitative estimate of drug-likeness (QED) is 0.572. The second kappa shape index (κ2) is 3.43. The van der Waals surface area contributed by atoms with Gasteiger partial charge in [-0.2, -0.15) is 8.42 Å². The molecule has 0 saturated heterocycles. The summed E-state index contributed by atoms with van der Waals surface area (Å²) in [5, 5.41) is 0. The molecule has 14 heavy (non-hydrogen) atoms. The minimum absolute atomic E-state index is 0.202. The minimum Gasteiger partial charge on any atom is -0.396 e. The monoisotopic (exact) mass is 221 g/mol. The number of hydrogen-bond donors (Lipinski definition) is 2. The lowest BCUT2D eigenvalue weighted by atomic mass is 10.2. The molecule has 0 atom stereocenters. The van der Waals surface area contributed by atoms with Gasteiger partial charge in [0.25, 0.3) is 0 Å². The molecule has 0 aromatic heterocycles. The average molecular weight is 221 g/mol. The largest absolute Gasteiger partial charge is 0.446 e. The second-order valence-corrected chi connectivity index (χ2v) is 3.67. The van der Waals surface area contributed by atoms with Gasteiger partial charge in [-0.1, -0.05) is 0 Å². The Kier molecular flexibility index (Phi) is 2.63. The first-order chi connectivity index (χ1) is 6.29. The van der Waals surface area contributed by atoms with Crippen molar-refractivity contribution in [3.05, 3.63) is 23.5 Å². The van der Waals surface area contributed by atoms with Crippen molar-refractivity contribution in [1.29, 1.82) is 0 Å². The smallest absolute Gasteiger partial charge is 0.396 e. The fraction of sp³-hybridized carbons (Fsp3) is 0.143. The van der Waals surface area contributed by atoms with Crippen molar-refractivity contribution in [2.75, 3.05) is 5.73 Å². The van der Waals surface area contributed by atoms with Crippen molar-refractivity contribution >= 4 is 16.1 Å². The zero-order valence-corrected chi connectivity index (χ0v) is 8.01. The molecular weight excluding hydrogens is 213 g/mol. The van der Waals surface area contributed by atoms with E-state index in [2.05, 4.69) is 4.18 Å². The van der Waals surface area contributed by atoms with Crippen molar-refractivity contribution in [1.82, 2.24) is 0 Å². The fourth-order valence-corrected chi connectivity index (χ4v) is 1.28. The summed E-state index contributed by atoms with van der Waals surface area (Å²) >= 11 is 0. The van der Waals surface area contributed by atoms with Gasteiger partial charge in [-0.15, -0.1) is 0 Å². The van der Waals surface area contributed by atoms with Crippen LogP contribution in [-0.2, 0) is 10.4 Å². The summed E-state index contributed by atoms with van der Waals surface area (Å²) in [6, 6.07) is 1.99. The van der Waals surface area contributed by atoms with E-state index >= 15 is 0 Å². The van der Waals surface area contributed by atoms with Crippen molar-refractivity contribution in [3.63, 3.8) is 0 Å². The van der Waals surface area contributed by atoms with E-state index in [1.165, 1.54) is 6.92 Å². The van der Waals surface area contributed by atoms with Gasteiger partial charge in [0, 0.05) is 6.07 Å². The zero-order chi connectivity index (χ0) is 10.9. The summed E-state index contributed by atoms with van der Waals surface area (Å²) in [6.45, 7) is 1.42. The van der Waals surface area contributed by atoms with Gasteiger partial charge in [0.1, 0.15) is 11.6 Å². The molecule has 0 fully saturated rings. The number of benzene rings is 1. The van der Waals surface area contributed by atoms with Crippen LogP contribution in [0.5, 0.6) is 5.75 Å². The Morgan fingerprint density at radius 3 is 2.57 bits per heavy atom. The first-order valence-corrected chi connectivity index (χ1v) is 4.88. The van der Waals surface area contributed by atoms with Crippen molar-refractivity contribution in [2.24, 2.45) is 0 Å². The Morgan fingerprint density at radius 2 is 2.07 bits per heavy atom. The molecule has 0 heterocycles. The van der Waals surface area contributed by atoms with Crippen LogP contribution in [0.3, 0.4) is 0 Å². The van der Waals surface area contributed by atoms with Gasteiger partial charge < -0.3 is 9.92 Å². The number of rotatable bonds is 2. The highest BCUT2D eigenvalue weighted by Gasteiger charge is 2.12. The first-order valence-electron chi connectivity index (χ1n) is 3.52. The lowest BCUT2D eigenvalue weighted by molar-refractivity contribution is 0.385. The van der Waals surface area contributed by atoms with Crippen molar-refractivity contribution in [3.8, 4) is 5.75 Å². The number of hydrogen-bond acceptors (Lipinski definition) is 4. The summed E-state index contributed by atoms with van der Waals surface area (Å²) in [5.74, 6) is -0.878. The number of nitrogens with two attached hydrogens (primary N) is 1. The van der Waals surface area contributed by atoms with Crippen molar-refractivity contribution in [2.45, 2.75) is 6.92 Å². The highest BCUT2D eigenvalue weighted by Crippen LogP contribution is 2.24. The molecule has 5 nitrogen and oxygen atoms in total. The van der Waals surface area contributed by atoms with Gasteiger partial charge in [-0.05, 0) is 18.6 Å². The van der Waals surface area contributed by atoms with Gasteiger partial charge in [-0.3, -0.25) is 4.55 Å². The molecular formula is C7H8FNO4S. The molecule has 78 valence electrons. The molecule has 7 heteroatoms. The van der Waals surface area contributed by atoms with Crippen LogP contribution in [0.2, 0.25) is 0 Å². The summed E-state index contributed by atoms with van der Waals surface area (Å²) < 4.78 is 46.0. The highest BCUT2D eigenvalue weighted by molar-refractivity contribution is 7.81. The third-order valence-corrected chi connectivity index (χ3v) is 1.88. The predicted molar refractivity (Wildman–Crippen MR) is 47.7 cm³/mol. The molecule has 1 aromatic rings. The number of anilines is 1. The molecule has 1 aromatic carbocycles. The molecule has 0 radical (unpaired) electrons. The van der Waals surface area contributed by atoms with E-state index in [4.69, 9.17) is 10.3 Å². The Bertz CT molecular complexity index is 457. The molecule has 0 aliphatic rings. The van der Waals surface area contributed by atoms with Gasteiger partial charge in [0.05, 0.1) is 5.69 Å². The average Bonchev–Trinajstić information content (AvgIpc) is 1.97. The Balaban J connectivity index is 3.17. The second-order valence-electron chi connectivity index (χ2n) is 2.65. The van der Waals surface area contributed by atoms with E-state index < -0.39 is 16.2 Å². The molecule has 1 rings (SSSR count). The molecule has 0 amide bonds. The van der Waals surface area contributed by atoms with Gasteiger partial charge >= 0.3 is 10.4 Å². The van der Waals surface area contributed by atoms with Crippen LogP contribution in [0.4, 0.5) is 10.1 Å². The molecule has 0 aliphatic heterocycles. The van der Waals surface area contributed by atoms with E-state index in [-0.39, 0.29) is 17.0 Å². The molecule has 3 N–H and O–H groups in total. The van der Waals surface area contributed by atoms with Crippen LogP contribution in [0.1, 0.15) is 5.56 Å². The van der Waals surface area contributed by atoms with Crippen LogP contribution in [-0.4, -0.2) is 13.0 Å². The van der Waals surface area contributed by atoms with E-state index in [0.717, 1.165) is 12.1 Å². The minimum atomic E-state index is -4.61. The first kappa shape index (κ1) is 10.7. The highest BCUT2D eigenvalue weighted by atomic mass is 32.3. The summed E-state index contributed by atoms with van der Waals surface area (Å²) in [4.78, 5) is 0. The summed E-state index contributed by atoms with van der Waals surface area (Å²) in [6.07, 6.45) is 0. The molecule has 0 saturated carbocycles. The van der Waals surface area contributed by atoms with E-state index in [1.54, 1.807) is 0 Å². The molecule has 0 unspecified atom stereocenters. The SMILES string of the molecule is Cc1cc(F)c(N)cc1OS(=O)(=O)O. The van der Waals surface area contributed by atoms with E-state index in [9.17, 15) is 12.8 Å². The zero-order valence-electron chi connectivity index (χ0n) is 7.19. The summed E-state index contributed by atoms with van der Waals surface area (Å²) in [5.41, 5.74) is 5.14. The fourth-order valence-electron chi connectivity index (χ4n) is 0.872. The lowest BCUT2D eigenvalue weighted by Crippen LogP contribution is -2.08. The van der Waals surface area contributed by atoms with E-state index in [1.807, 2.05) is 0 Å². The molecule has 0 aliphatic carbocycles. The maximum absolute atomic E-state index is 12.8. The van der Waals surface area contributed by atoms with Crippen LogP contribution in [0.25, 0.3) is 0 Å². The predicted octanol–water partition coefficient (Wildman–Crippen LogP) is 0.898. The standard InChI is InChI=1S/C7H8FNO4S/c1-4-2-5(8)6(9)3-7(4)13-14(10,11)12/h2-3H,9H2,1H3,(H,10,11,12). The maximum Gasteiger partial charge on any atom is 0.446 e. The third kappa shape index (κ3) is 2.57. The molecule has 0 bridgehead atoms. The summed E-state index contributed by atoms with van der Waals surface area (Å²) in [7, 11) is -4.61. The number of nitrogen functional groups attached to an aromatic ring is 1. The van der Waals surface area contributed by atoms with Crippen LogP contribution in [0.15, 0.2) is 12.1 Å². The van der Waals surface area contributed by atoms with Crippen LogP contribution in [0, 0.1) is 12.7 Å². The topological polar surface area (TPSA) is 89.6 Å². The maximum atomic E-state index is 12.8. The van der Waals surface area contributed by atoms with E-state index in [0.29, 0.717) is 0 Å². The van der Waals surface area contributed by atoms with Crippen LogP contribution >= 0.6 is 0 Å². The third-order valence-electron chi connectivity index (χ3n) is 1.49. The normalized spacial score (nSPS) is 11.4. The van der Waals surface area contributed by atoms with Gasteiger partial charge in [0.15, 0.2) is 0 Å². The lowest BCUT2D eigenvalue weighted by Gasteiger charge is -2.06. The van der Waals surface area contributed by atoms with Gasteiger partial charge in [-0.25, -0.2) is 4.39 Å². The van der Waals surface area contributed by atoms with Crippen molar-refractivity contribution < 1.29 is 21.5 Å².